The van der Waals surface area contributed by atoms with Crippen molar-refractivity contribution in [2.45, 2.75) is 11.4 Å². The van der Waals surface area contributed by atoms with Gasteiger partial charge in [0, 0.05) is 56.4 Å². The van der Waals surface area contributed by atoms with E-state index < -0.39 is 11.9 Å². The average molecular weight is 516 g/mol. The summed E-state index contributed by atoms with van der Waals surface area (Å²) in [4.78, 5) is 36.4. The number of aromatic nitrogens is 1. The van der Waals surface area contributed by atoms with E-state index in [0.29, 0.717) is 16.9 Å². The second-order valence-electron chi connectivity index (χ2n) is 9.10. The number of fused-ring (bicyclic) bond motifs is 1. The van der Waals surface area contributed by atoms with Crippen LogP contribution in [0.4, 0.5) is 5.82 Å². The SMILES string of the molecule is CN1CCN(Cc2ccc(C(=O)OC3=C(C(=O)Nc4ccccn4)N(C)Sc4ccccc43)cc2)CC1. The first kappa shape index (κ1) is 25.0. The zero-order chi connectivity index (χ0) is 25.8. The van der Waals surface area contributed by atoms with Gasteiger partial charge < -0.3 is 19.3 Å². The van der Waals surface area contributed by atoms with Gasteiger partial charge in [-0.1, -0.05) is 30.3 Å². The third-order valence-corrected chi connectivity index (χ3v) is 7.41. The number of esters is 1. The van der Waals surface area contributed by atoms with E-state index in [4.69, 9.17) is 4.74 Å². The van der Waals surface area contributed by atoms with Gasteiger partial charge in [-0.15, -0.1) is 0 Å². The van der Waals surface area contributed by atoms with Gasteiger partial charge in [-0.05, 0) is 61.0 Å². The number of likely N-dealkylation sites (N-methyl/N-ethyl adjacent to an activating group) is 2. The van der Waals surface area contributed by atoms with Crippen molar-refractivity contribution < 1.29 is 14.3 Å². The summed E-state index contributed by atoms with van der Waals surface area (Å²) in [6.45, 7) is 5.03. The third-order valence-electron chi connectivity index (χ3n) is 6.40. The third kappa shape index (κ3) is 5.85. The molecule has 190 valence electrons. The lowest BCUT2D eigenvalue weighted by Crippen LogP contribution is -2.43. The number of carbonyl (C=O) groups is 2. The molecule has 1 fully saturated rings. The van der Waals surface area contributed by atoms with E-state index in [1.807, 2.05) is 36.4 Å². The average Bonchev–Trinajstić information content (AvgIpc) is 2.91. The number of hydrogen-bond acceptors (Lipinski definition) is 8. The Labute approximate surface area is 221 Å². The van der Waals surface area contributed by atoms with E-state index in [0.717, 1.165) is 43.2 Å². The van der Waals surface area contributed by atoms with Gasteiger partial charge in [0.05, 0.1) is 5.56 Å². The van der Waals surface area contributed by atoms with E-state index in [1.54, 1.807) is 47.9 Å². The Bertz CT molecular complexity index is 1300. The fourth-order valence-electron chi connectivity index (χ4n) is 4.32. The molecular formula is C28H29N5O3S. The number of rotatable bonds is 6. The maximum Gasteiger partial charge on any atom is 0.343 e. The van der Waals surface area contributed by atoms with Crippen molar-refractivity contribution in [2.75, 3.05) is 45.6 Å². The fourth-order valence-corrected chi connectivity index (χ4v) is 5.27. The summed E-state index contributed by atoms with van der Waals surface area (Å²) < 4.78 is 7.65. The number of anilines is 1. The largest absolute Gasteiger partial charge is 0.420 e. The zero-order valence-corrected chi connectivity index (χ0v) is 21.7. The Morgan fingerprint density at radius 2 is 1.68 bits per heavy atom. The molecule has 1 aromatic heterocycles. The Hall–Kier alpha value is -3.66. The van der Waals surface area contributed by atoms with Crippen LogP contribution in [0.15, 0.2) is 83.5 Å². The van der Waals surface area contributed by atoms with Crippen molar-refractivity contribution in [1.82, 2.24) is 19.1 Å². The lowest BCUT2D eigenvalue weighted by atomic mass is 10.1. The maximum atomic E-state index is 13.3. The standard InChI is InChI=1S/C28H29N5O3S/c1-31-15-17-33(18-16-31)19-20-10-12-21(13-11-20)28(35)36-26-22-7-3-4-8-23(22)37-32(2)25(26)27(34)30-24-9-5-6-14-29-24/h3-14H,15-19H2,1-2H3,(H,29,30,34). The Kier molecular flexibility index (Phi) is 7.55. The normalized spacial score (nSPS) is 16.3. The van der Waals surface area contributed by atoms with Gasteiger partial charge in [-0.3, -0.25) is 9.69 Å². The molecule has 3 aromatic rings. The summed E-state index contributed by atoms with van der Waals surface area (Å²) >= 11 is 1.40. The van der Waals surface area contributed by atoms with Crippen LogP contribution in [0.3, 0.4) is 0 Å². The number of nitrogens with zero attached hydrogens (tertiary/aromatic N) is 4. The molecule has 0 radical (unpaired) electrons. The van der Waals surface area contributed by atoms with Crippen LogP contribution < -0.4 is 5.32 Å². The Morgan fingerprint density at radius 3 is 2.41 bits per heavy atom. The predicted octanol–water partition coefficient (Wildman–Crippen LogP) is 3.95. The molecule has 0 bridgehead atoms. The lowest BCUT2D eigenvalue weighted by Gasteiger charge is -2.32. The van der Waals surface area contributed by atoms with E-state index in [9.17, 15) is 9.59 Å². The summed E-state index contributed by atoms with van der Waals surface area (Å²) in [5, 5.41) is 2.80. The number of ether oxygens (including phenoxy) is 1. The van der Waals surface area contributed by atoms with E-state index in [2.05, 4.69) is 27.1 Å². The van der Waals surface area contributed by atoms with Crippen molar-refractivity contribution in [3.63, 3.8) is 0 Å². The van der Waals surface area contributed by atoms with Gasteiger partial charge in [0.15, 0.2) is 11.5 Å². The van der Waals surface area contributed by atoms with Crippen LogP contribution in [0.25, 0.3) is 5.76 Å². The van der Waals surface area contributed by atoms with Crippen LogP contribution in [0.1, 0.15) is 21.5 Å². The number of piperazine rings is 1. The van der Waals surface area contributed by atoms with E-state index in [1.165, 1.54) is 11.9 Å². The van der Waals surface area contributed by atoms with Gasteiger partial charge in [-0.2, -0.15) is 0 Å². The van der Waals surface area contributed by atoms with E-state index >= 15 is 0 Å². The molecule has 1 N–H and O–H groups in total. The summed E-state index contributed by atoms with van der Waals surface area (Å²) in [6, 6.07) is 20.3. The minimum atomic E-state index is -0.514. The van der Waals surface area contributed by atoms with Gasteiger partial charge in [-0.25, -0.2) is 9.78 Å². The van der Waals surface area contributed by atoms with Crippen LogP contribution >= 0.6 is 11.9 Å². The number of hydrogen-bond donors (Lipinski definition) is 1. The molecule has 5 rings (SSSR count). The molecule has 1 saturated heterocycles. The summed E-state index contributed by atoms with van der Waals surface area (Å²) in [6.07, 6.45) is 1.60. The lowest BCUT2D eigenvalue weighted by molar-refractivity contribution is -0.113. The van der Waals surface area contributed by atoms with Crippen molar-refractivity contribution in [3.05, 3.63) is 95.3 Å². The molecule has 2 aromatic carbocycles. The number of pyridine rings is 1. The second-order valence-corrected chi connectivity index (χ2v) is 10.3. The first-order chi connectivity index (χ1) is 18.0. The fraction of sp³-hybridized carbons (Fsp3) is 0.250. The summed E-state index contributed by atoms with van der Waals surface area (Å²) in [5.74, 6) is -0.288. The summed E-state index contributed by atoms with van der Waals surface area (Å²) in [5.41, 5.74) is 2.51. The Morgan fingerprint density at radius 1 is 0.946 bits per heavy atom. The molecule has 9 heteroatoms. The highest BCUT2D eigenvalue weighted by Crippen LogP contribution is 2.41. The van der Waals surface area contributed by atoms with Crippen LogP contribution in [0, 0.1) is 0 Å². The van der Waals surface area contributed by atoms with E-state index in [-0.39, 0.29) is 11.5 Å². The van der Waals surface area contributed by atoms with Crippen LogP contribution in [-0.2, 0) is 16.1 Å². The molecule has 3 heterocycles. The zero-order valence-electron chi connectivity index (χ0n) is 20.9. The first-order valence-corrected chi connectivity index (χ1v) is 12.9. The minimum Gasteiger partial charge on any atom is -0.420 e. The molecule has 2 aliphatic rings. The van der Waals surface area contributed by atoms with Crippen LogP contribution in [-0.4, -0.2) is 71.2 Å². The van der Waals surface area contributed by atoms with Crippen molar-refractivity contribution in [1.29, 1.82) is 0 Å². The van der Waals surface area contributed by atoms with Crippen molar-refractivity contribution in [2.24, 2.45) is 0 Å². The van der Waals surface area contributed by atoms with Gasteiger partial charge in [0.2, 0.25) is 0 Å². The summed E-state index contributed by atoms with van der Waals surface area (Å²) in [7, 11) is 3.91. The van der Waals surface area contributed by atoms with Crippen LogP contribution in [0.2, 0.25) is 0 Å². The van der Waals surface area contributed by atoms with Gasteiger partial charge >= 0.3 is 5.97 Å². The molecular weight excluding hydrogens is 486 g/mol. The number of benzene rings is 2. The van der Waals surface area contributed by atoms with Gasteiger partial charge in [0.1, 0.15) is 5.82 Å². The number of carbonyl (C=O) groups excluding carboxylic acids is 2. The molecule has 0 unspecified atom stereocenters. The highest BCUT2D eigenvalue weighted by atomic mass is 32.2. The minimum absolute atomic E-state index is 0.219. The first-order valence-electron chi connectivity index (χ1n) is 12.2. The second kappa shape index (κ2) is 11.2. The molecule has 1 amide bonds. The molecule has 0 aliphatic carbocycles. The highest BCUT2D eigenvalue weighted by molar-refractivity contribution is 7.97. The van der Waals surface area contributed by atoms with Crippen molar-refractivity contribution >= 4 is 35.4 Å². The highest BCUT2D eigenvalue weighted by Gasteiger charge is 2.31. The molecule has 0 spiro atoms. The number of nitrogens with one attached hydrogen (secondary N) is 1. The molecule has 2 aliphatic heterocycles. The van der Waals surface area contributed by atoms with Gasteiger partial charge in [0.25, 0.3) is 5.91 Å². The van der Waals surface area contributed by atoms with Crippen LogP contribution in [0.5, 0.6) is 0 Å². The predicted molar refractivity (Wildman–Crippen MR) is 144 cm³/mol. The Balaban J connectivity index is 1.38. The topological polar surface area (TPSA) is 78.0 Å². The molecule has 8 nitrogen and oxygen atoms in total. The van der Waals surface area contributed by atoms with Crippen molar-refractivity contribution in [3.8, 4) is 0 Å². The quantitative estimate of drug-likeness (QED) is 0.391. The number of amides is 1. The smallest absolute Gasteiger partial charge is 0.343 e. The maximum absolute atomic E-state index is 13.3. The monoisotopic (exact) mass is 515 g/mol. The molecule has 37 heavy (non-hydrogen) atoms. The molecule has 0 saturated carbocycles. The molecule has 0 atom stereocenters.